The summed E-state index contributed by atoms with van der Waals surface area (Å²) in [5.41, 5.74) is 1.21. The van der Waals surface area contributed by atoms with E-state index in [-0.39, 0.29) is 30.3 Å². The molecule has 0 bridgehead atoms. The highest BCUT2D eigenvalue weighted by molar-refractivity contribution is 5.97. The molecule has 1 aliphatic rings. The van der Waals surface area contributed by atoms with Crippen molar-refractivity contribution in [3.8, 4) is 0 Å². The molecule has 1 aliphatic carbocycles. The van der Waals surface area contributed by atoms with Gasteiger partial charge in [-0.25, -0.2) is 0 Å². The molecule has 1 aromatic rings. The number of hydrogen-bond donors (Lipinski definition) is 0. The van der Waals surface area contributed by atoms with Gasteiger partial charge in [0, 0.05) is 30.3 Å². The molecule has 0 unspecified atom stereocenters. The fourth-order valence-corrected chi connectivity index (χ4v) is 2.38. The normalized spacial score (nSPS) is 14.1. The number of carbonyl (C=O) groups excluding carboxylic acids is 2. The van der Waals surface area contributed by atoms with Crippen LogP contribution in [-0.4, -0.2) is 22.9 Å². The lowest BCUT2D eigenvalue weighted by atomic mass is 9.94. The zero-order chi connectivity index (χ0) is 13.8. The predicted molar refractivity (Wildman–Crippen MR) is 69.2 cm³/mol. The van der Waals surface area contributed by atoms with Gasteiger partial charge in [-0.2, -0.15) is 0 Å². The van der Waals surface area contributed by atoms with Crippen LogP contribution in [0.1, 0.15) is 42.2 Å². The number of ether oxygens (including phenoxy) is 1. The second-order valence-electron chi connectivity index (χ2n) is 4.52. The number of pyridine rings is 1. The molecule has 2 rings (SSSR count). The zero-order valence-electron chi connectivity index (χ0n) is 11.0. The molecule has 0 aromatic carbocycles. The van der Waals surface area contributed by atoms with Crippen molar-refractivity contribution >= 4 is 11.8 Å². The molecule has 0 atom stereocenters. The van der Waals surface area contributed by atoms with E-state index in [0.717, 1.165) is 12.1 Å². The number of ketones is 1. The quantitative estimate of drug-likeness (QED) is 0.768. The van der Waals surface area contributed by atoms with Crippen LogP contribution in [0.3, 0.4) is 0 Å². The summed E-state index contributed by atoms with van der Waals surface area (Å²) in [6.07, 6.45) is 2.15. The van der Waals surface area contributed by atoms with E-state index in [1.54, 1.807) is 13.0 Å². The average molecular weight is 263 g/mol. The molecular formula is C14H17NO4. The Morgan fingerprint density at radius 3 is 2.84 bits per heavy atom. The van der Waals surface area contributed by atoms with Crippen molar-refractivity contribution in [2.75, 3.05) is 6.61 Å². The summed E-state index contributed by atoms with van der Waals surface area (Å²) in [6.45, 7) is 2.35. The molecule has 0 aliphatic heterocycles. The van der Waals surface area contributed by atoms with Crippen LogP contribution in [-0.2, 0) is 22.5 Å². The van der Waals surface area contributed by atoms with E-state index in [2.05, 4.69) is 0 Å². The molecule has 0 saturated heterocycles. The summed E-state index contributed by atoms with van der Waals surface area (Å²) in [7, 11) is 0. The minimum absolute atomic E-state index is 0.0751. The molecule has 0 saturated carbocycles. The predicted octanol–water partition coefficient (Wildman–Crippen LogP) is 1.32. The van der Waals surface area contributed by atoms with Gasteiger partial charge < -0.3 is 9.30 Å². The molecule has 0 fully saturated rings. The van der Waals surface area contributed by atoms with Gasteiger partial charge >= 0.3 is 5.97 Å². The third-order valence-electron chi connectivity index (χ3n) is 3.26. The monoisotopic (exact) mass is 263 g/mol. The first-order chi connectivity index (χ1) is 9.13. The topological polar surface area (TPSA) is 65.4 Å². The Labute approximate surface area is 111 Å². The standard InChI is InChI=1S/C14H17NO4/c1-2-19-14(18)8-9-15-11-4-3-5-12(16)10(11)6-7-13(15)17/h6-7H,2-5,8-9H2,1H3. The first-order valence-electron chi connectivity index (χ1n) is 6.55. The van der Waals surface area contributed by atoms with Gasteiger partial charge in [0.05, 0.1) is 13.0 Å². The Bertz CT molecular complexity index is 559. The molecule has 5 nitrogen and oxygen atoms in total. The highest BCUT2D eigenvalue weighted by Gasteiger charge is 2.20. The lowest BCUT2D eigenvalue weighted by Gasteiger charge is -2.19. The first-order valence-corrected chi connectivity index (χ1v) is 6.55. The van der Waals surface area contributed by atoms with Crippen LogP contribution >= 0.6 is 0 Å². The number of fused-ring (bicyclic) bond motifs is 1. The van der Waals surface area contributed by atoms with E-state index in [1.165, 1.54) is 10.6 Å². The van der Waals surface area contributed by atoms with Crippen LogP contribution in [0.4, 0.5) is 0 Å². The minimum Gasteiger partial charge on any atom is -0.466 e. The Hall–Kier alpha value is -1.91. The lowest BCUT2D eigenvalue weighted by molar-refractivity contribution is -0.143. The van der Waals surface area contributed by atoms with E-state index in [9.17, 15) is 14.4 Å². The van der Waals surface area contributed by atoms with Crippen molar-refractivity contribution in [1.82, 2.24) is 4.57 Å². The Morgan fingerprint density at radius 1 is 1.32 bits per heavy atom. The van der Waals surface area contributed by atoms with Gasteiger partial charge in [0.25, 0.3) is 5.56 Å². The molecule has 0 radical (unpaired) electrons. The summed E-state index contributed by atoms with van der Waals surface area (Å²) in [5, 5.41) is 0. The van der Waals surface area contributed by atoms with Crippen LogP contribution in [0.2, 0.25) is 0 Å². The number of nitrogens with zero attached hydrogens (tertiary/aromatic N) is 1. The van der Waals surface area contributed by atoms with Gasteiger partial charge in [0.15, 0.2) is 5.78 Å². The Balaban J connectivity index is 2.25. The lowest BCUT2D eigenvalue weighted by Crippen LogP contribution is -2.28. The number of carbonyl (C=O) groups is 2. The molecule has 0 spiro atoms. The summed E-state index contributed by atoms with van der Waals surface area (Å²) < 4.78 is 6.38. The van der Waals surface area contributed by atoms with Gasteiger partial charge in [-0.3, -0.25) is 14.4 Å². The van der Waals surface area contributed by atoms with Crippen LogP contribution < -0.4 is 5.56 Å². The number of rotatable bonds is 4. The van der Waals surface area contributed by atoms with E-state index in [1.807, 2.05) is 0 Å². The molecular weight excluding hydrogens is 246 g/mol. The van der Waals surface area contributed by atoms with Gasteiger partial charge in [0.1, 0.15) is 0 Å². The number of aromatic nitrogens is 1. The maximum absolute atomic E-state index is 11.9. The largest absolute Gasteiger partial charge is 0.466 e. The second-order valence-corrected chi connectivity index (χ2v) is 4.52. The molecule has 102 valence electrons. The van der Waals surface area contributed by atoms with Crippen molar-refractivity contribution in [2.45, 2.75) is 39.2 Å². The fourth-order valence-electron chi connectivity index (χ4n) is 2.38. The first kappa shape index (κ1) is 13.5. The third-order valence-corrected chi connectivity index (χ3v) is 3.26. The fraction of sp³-hybridized carbons (Fsp3) is 0.500. The van der Waals surface area contributed by atoms with E-state index < -0.39 is 0 Å². The maximum atomic E-state index is 11.9. The number of Topliss-reactive ketones (excluding diaryl/α,β-unsaturated/α-hetero) is 1. The maximum Gasteiger partial charge on any atom is 0.307 e. The molecule has 0 amide bonds. The van der Waals surface area contributed by atoms with Crippen LogP contribution in [0.5, 0.6) is 0 Å². The molecule has 1 heterocycles. The SMILES string of the molecule is CCOC(=O)CCn1c2c(ccc1=O)C(=O)CCC2. The van der Waals surface area contributed by atoms with Gasteiger partial charge in [-0.1, -0.05) is 0 Å². The number of esters is 1. The van der Waals surface area contributed by atoms with Crippen LogP contribution in [0.15, 0.2) is 16.9 Å². The highest BCUT2D eigenvalue weighted by atomic mass is 16.5. The molecule has 19 heavy (non-hydrogen) atoms. The van der Waals surface area contributed by atoms with E-state index in [0.29, 0.717) is 25.0 Å². The van der Waals surface area contributed by atoms with Crippen molar-refractivity contribution in [1.29, 1.82) is 0 Å². The Kier molecular flexibility index (Phi) is 4.14. The molecule has 1 aromatic heterocycles. The smallest absolute Gasteiger partial charge is 0.307 e. The summed E-state index contributed by atoms with van der Waals surface area (Å²) in [6, 6.07) is 2.99. The summed E-state index contributed by atoms with van der Waals surface area (Å²) in [4.78, 5) is 35.0. The van der Waals surface area contributed by atoms with E-state index >= 15 is 0 Å². The highest BCUT2D eigenvalue weighted by Crippen LogP contribution is 2.19. The van der Waals surface area contributed by atoms with Crippen molar-refractivity contribution in [2.24, 2.45) is 0 Å². The van der Waals surface area contributed by atoms with Gasteiger partial charge in [-0.15, -0.1) is 0 Å². The third kappa shape index (κ3) is 2.92. The van der Waals surface area contributed by atoms with Crippen molar-refractivity contribution in [3.05, 3.63) is 33.7 Å². The van der Waals surface area contributed by atoms with Gasteiger partial charge in [0.2, 0.25) is 0 Å². The van der Waals surface area contributed by atoms with Crippen LogP contribution in [0.25, 0.3) is 0 Å². The van der Waals surface area contributed by atoms with Gasteiger partial charge in [-0.05, 0) is 25.8 Å². The molecule has 0 N–H and O–H groups in total. The Morgan fingerprint density at radius 2 is 2.11 bits per heavy atom. The second kappa shape index (κ2) is 5.82. The van der Waals surface area contributed by atoms with Crippen molar-refractivity contribution in [3.63, 3.8) is 0 Å². The van der Waals surface area contributed by atoms with Crippen molar-refractivity contribution < 1.29 is 14.3 Å². The zero-order valence-corrected chi connectivity index (χ0v) is 11.0. The van der Waals surface area contributed by atoms with E-state index in [4.69, 9.17) is 4.74 Å². The summed E-state index contributed by atoms with van der Waals surface area (Å²) >= 11 is 0. The molecule has 5 heteroatoms. The minimum atomic E-state index is -0.325. The van der Waals surface area contributed by atoms with Crippen LogP contribution in [0, 0.1) is 0 Å². The number of hydrogen-bond acceptors (Lipinski definition) is 4. The summed E-state index contributed by atoms with van der Waals surface area (Å²) in [5.74, 6) is -0.250. The average Bonchev–Trinajstić information content (AvgIpc) is 2.38.